The molecule has 198 valence electrons. The monoisotopic (exact) mass is 503 g/mol. The van der Waals surface area contributed by atoms with Crippen molar-refractivity contribution in [3.63, 3.8) is 0 Å². The van der Waals surface area contributed by atoms with Gasteiger partial charge >= 0.3 is 6.09 Å². The molecule has 2 aromatic heterocycles. The van der Waals surface area contributed by atoms with Gasteiger partial charge in [-0.15, -0.1) is 0 Å². The Morgan fingerprint density at radius 1 is 1.33 bits per heavy atom. The molecule has 0 radical (unpaired) electrons. The first-order valence-corrected chi connectivity index (χ1v) is 12.5. The van der Waals surface area contributed by atoms with E-state index in [0.29, 0.717) is 25.4 Å². The number of ether oxygens (including phenoxy) is 4. The van der Waals surface area contributed by atoms with Crippen molar-refractivity contribution in [2.45, 2.75) is 70.8 Å². The van der Waals surface area contributed by atoms with Crippen LogP contribution >= 0.6 is 0 Å². The highest BCUT2D eigenvalue weighted by Gasteiger charge is 2.40. The number of methoxy groups -OCH3 is 2. The predicted octanol–water partition coefficient (Wildman–Crippen LogP) is 3.21. The molecular formula is C26H38N4O6. The number of morpholine rings is 1. The molecule has 4 rings (SSSR count). The third kappa shape index (κ3) is 6.10. The Bertz CT molecular complexity index is 1100. The highest BCUT2D eigenvalue weighted by Crippen LogP contribution is 2.34. The van der Waals surface area contributed by atoms with Crippen molar-refractivity contribution < 1.29 is 29.9 Å². The summed E-state index contributed by atoms with van der Waals surface area (Å²) in [7, 11) is 3.32. The Balaban J connectivity index is 1.54. The molecule has 0 spiro atoms. The third-order valence-corrected chi connectivity index (χ3v) is 6.34. The molecular weight excluding hydrogens is 464 g/mol. The van der Waals surface area contributed by atoms with Crippen LogP contribution < -0.4 is 4.74 Å². The van der Waals surface area contributed by atoms with Gasteiger partial charge < -0.3 is 33.3 Å². The molecule has 36 heavy (non-hydrogen) atoms. The van der Waals surface area contributed by atoms with Gasteiger partial charge in [0.2, 0.25) is 0 Å². The fourth-order valence-corrected chi connectivity index (χ4v) is 4.51. The van der Waals surface area contributed by atoms with Crippen molar-refractivity contribution >= 4 is 23.0 Å². The van der Waals surface area contributed by atoms with Gasteiger partial charge in [-0.2, -0.15) is 0 Å². The molecule has 1 aliphatic heterocycles. The van der Waals surface area contributed by atoms with Crippen molar-refractivity contribution in [3.05, 3.63) is 24.0 Å². The molecule has 2 aromatic rings. The highest BCUT2D eigenvalue weighted by atomic mass is 16.6. The minimum atomic E-state index is -0.889. The maximum Gasteiger partial charge on any atom is 0.410 e. The molecule has 10 heteroatoms. The van der Waals surface area contributed by atoms with E-state index in [0.717, 1.165) is 42.4 Å². The van der Waals surface area contributed by atoms with Crippen molar-refractivity contribution in [2.75, 3.05) is 40.5 Å². The predicted molar refractivity (Wildman–Crippen MR) is 134 cm³/mol. The van der Waals surface area contributed by atoms with Gasteiger partial charge in [0, 0.05) is 58.7 Å². The van der Waals surface area contributed by atoms with Crippen LogP contribution in [0.5, 0.6) is 5.75 Å². The maximum absolute atomic E-state index is 13.7. The van der Waals surface area contributed by atoms with Crippen LogP contribution in [-0.4, -0.2) is 89.6 Å². The van der Waals surface area contributed by atoms with E-state index in [-0.39, 0.29) is 32.0 Å². The maximum atomic E-state index is 13.7. The number of hydrogen-bond acceptors (Lipinski definition) is 7. The van der Waals surface area contributed by atoms with Gasteiger partial charge in [-0.3, -0.25) is 4.79 Å². The summed E-state index contributed by atoms with van der Waals surface area (Å²) in [4.78, 5) is 34.4. The summed E-state index contributed by atoms with van der Waals surface area (Å²) < 4.78 is 31.8. The van der Waals surface area contributed by atoms with Crippen LogP contribution in [0, 0.1) is 0 Å². The summed E-state index contributed by atoms with van der Waals surface area (Å²) in [5, 5.41) is 0.897. The summed E-state index contributed by atoms with van der Waals surface area (Å²) >= 11 is 0. The number of carbonyl (C=O) groups is 2. The Kier molecular flexibility index (Phi) is 7.62. The van der Waals surface area contributed by atoms with E-state index in [2.05, 4.69) is 9.55 Å². The van der Waals surface area contributed by atoms with E-state index < -0.39 is 17.8 Å². The van der Waals surface area contributed by atoms with Crippen molar-refractivity contribution in [1.29, 1.82) is 0 Å². The van der Waals surface area contributed by atoms with Crippen LogP contribution in [0.15, 0.2) is 18.5 Å². The number of fused-ring (bicyclic) bond motifs is 1. The van der Waals surface area contributed by atoms with Gasteiger partial charge in [-0.1, -0.05) is 0 Å². The molecule has 0 N–H and O–H groups in total. The Morgan fingerprint density at radius 2 is 2.14 bits per heavy atom. The van der Waals surface area contributed by atoms with Crippen LogP contribution in [0.2, 0.25) is 0 Å². The molecule has 10 nitrogen and oxygen atoms in total. The number of amides is 2. The van der Waals surface area contributed by atoms with Gasteiger partial charge in [0.25, 0.3) is 5.91 Å². The van der Waals surface area contributed by atoms with E-state index >= 15 is 0 Å². The minimum Gasteiger partial charge on any atom is -0.496 e. The lowest BCUT2D eigenvalue weighted by Crippen LogP contribution is -2.53. The second-order valence-corrected chi connectivity index (χ2v) is 10.0. The number of nitrogens with zero attached hydrogens (tertiary/aromatic N) is 4. The van der Waals surface area contributed by atoms with Gasteiger partial charge in [0.15, 0.2) is 6.10 Å². The fourth-order valence-electron chi connectivity index (χ4n) is 4.51. The standard InChI is InChI=1S/C26H38N4O6/c1-26(2,3)36-25(32)29-12-14-35-21(17-29)24(31)30(19-7-8-19)16-18-15-28(11-6-13-33-4)23-22(18)20(34-5)9-10-27-23/h9-10,15,19,21H,6-8,11-14,16-17H2,1-5H3/i1D. The lowest BCUT2D eigenvalue weighted by molar-refractivity contribution is -0.150. The summed E-state index contributed by atoms with van der Waals surface area (Å²) in [5.74, 6) is 0.580. The second-order valence-electron chi connectivity index (χ2n) is 10.0. The van der Waals surface area contributed by atoms with E-state index in [9.17, 15) is 9.59 Å². The SMILES string of the molecule is [2H]CC(C)(C)OC(=O)N1CCOC(C(=O)N(Cc2cn(CCCOC)c3nccc(OC)c23)C2CC2)C1. The zero-order valence-electron chi connectivity index (χ0n) is 22.7. The van der Waals surface area contributed by atoms with E-state index in [1.54, 1.807) is 34.3 Å². The van der Waals surface area contributed by atoms with Crippen LogP contribution in [0.4, 0.5) is 4.79 Å². The first-order chi connectivity index (χ1) is 17.8. The summed E-state index contributed by atoms with van der Waals surface area (Å²) in [5.41, 5.74) is 0.884. The number of aryl methyl sites for hydroxylation is 1. The average Bonchev–Trinajstić information content (AvgIpc) is 3.69. The quantitative estimate of drug-likeness (QED) is 0.485. The topological polar surface area (TPSA) is 95.4 Å². The third-order valence-electron chi connectivity index (χ3n) is 6.34. The van der Waals surface area contributed by atoms with E-state index in [4.69, 9.17) is 20.3 Å². The second kappa shape index (κ2) is 11.0. The molecule has 2 fully saturated rings. The normalized spacial score (nSPS) is 18.7. The molecule has 2 aliphatic rings. The molecule has 1 atom stereocenters. The van der Waals surface area contributed by atoms with Gasteiger partial charge in [0.1, 0.15) is 17.0 Å². The molecule has 1 saturated carbocycles. The van der Waals surface area contributed by atoms with Crippen LogP contribution in [0.1, 0.15) is 46.9 Å². The molecule has 0 bridgehead atoms. The van der Waals surface area contributed by atoms with Gasteiger partial charge in [-0.05, 0) is 46.1 Å². The Hall–Kier alpha value is -2.85. The number of aromatic nitrogens is 2. The smallest absolute Gasteiger partial charge is 0.410 e. The highest BCUT2D eigenvalue weighted by molar-refractivity contribution is 5.88. The Morgan fingerprint density at radius 3 is 2.83 bits per heavy atom. The van der Waals surface area contributed by atoms with Crippen molar-refractivity contribution in [1.82, 2.24) is 19.4 Å². The zero-order valence-corrected chi connectivity index (χ0v) is 21.7. The average molecular weight is 504 g/mol. The number of hydrogen-bond donors (Lipinski definition) is 0. The van der Waals surface area contributed by atoms with E-state index in [1.807, 2.05) is 17.2 Å². The first-order valence-electron chi connectivity index (χ1n) is 13.2. The van der Waals surface area contributed by atoms with Crippen molar-refractivity contribution in [3.8, 4) is 5.75 Å². The lowest BCUT2D eigenvalue weighted by atomic mass is 10.1. The van der Waals surface area contributed by atoms with E-state index in [1.165, 1.54) is 4.90 Å². The molecule has 2 amide bonds. The minimum absolute atomic E-state index is 0.0434. The number of carbonyl (C=O) groups excluding carboxylic acids is 2. The molecule has 1 aliphatic carbocycles. The molecule has 1 unspecified atom stereocenters. The molecule has 0 aromatic carbocycles. The zero-order chi connectivity index (χ0) is 26.6. The molecule has 3 heterocycles. The largest absolute Gasteiger partial charge is 0.496 e. The van der Waals surface area contributed by atoms with Gasteiger partial charge in [0.05, 0.1) is 25.6 Å². The Labute approximate surface area is 213 Å². The van der Waals surface area contributed by atoms with Crippen LogP contribution in [0.3, 0.4) is 0 Å². The summed E-state index contributed by atoms with van der Waals surface area (Å²) in [6.45, 7) is 5.85. The molecule has 1 saturated heterocycles. The van der Waals surface area contributed by atoms with Crippen LogP contribution in [0.25, 0.3) is 11.0 Å². The number of rotatable bonds is 9. The van der Waals surface area contributed by atoms with Crippen molar-refractivity contribution in [2.24, 2.45) is 0 Å². The summed E-state index contributed by atoms with van der Waals surface area (Å²) in [6, 6.07) is 1.97. The lowest BCUT2D eigenvalue weighted by Gasteiger charge is -2.35. The first kappa shape index (κ1) is 24.8. The summed E-state index contributed by atoms with van der Waals surface area (Å²) in [6.07, 6.45) is 5.19. The number of pyridine rings is 1. The van der Waals surface area contributed by atoms with Gasteiger partial charge in [-0.25, -0.2) is 9.78 Å². The fraction of sp³-hybridized carbons (Fsp3) is 0.654. The van der Waals surface area contributed by atoms with Crippen LogP contribution in [-0.2, 0) is 32.1 Å².